The minimum atomic E-state index is -0.458. The van der Waals surface area contributed by atoms with Crippen LogP contribution in [0.3, 0.4) is 0 Å². The zero-order valence-electron chi connectivity index (χ0n) is 13.3. The number of carbonyl (C=O) groups is 1. The Hall–Kier alpha value is -1.91. The molecule has 21 heavy (non-hydrogen) atoms. The van der Waals surface area contributed by atoms with Crippen molar-refractivity contribution in [2.45, 2.75) is 38.8 Å². The molecule has 1 unspecified atom stereocenters. The van der Waals surface area contributed by atoms with E-state index in [9.17, 15) is 4.79 Å². The van der Waals surface area contributed by atoms with Crippen molar-refractivity contribution in [1.29, 1.82) is 0 Å². The summed E-state index contributed by atoms with van der Waals surface area (Å²) in [6.45, 7) is 7.40. The molecule has 1 aromatic rings. The lowest BCUT2D eigenvalue weighted by molar-refractivity contribution is 0.0238. The third-order valence-electron chi connectivity index (χ3n) is 3.65. The molecule has 1 heterocycles. The molecule has 1 atom stereocenters. The standard InChI is InChI=1S/C16H25N3O2/c1-16(2,3)21-15(20)18(4)14-9-10-19(11-14)13-7-5-12(17)6-8-13/h5-8,14H,9-11,17H2,1-4H3. The zero-order valence-corrected chi connectivity index (χ0v) is 13.3. The van der Waals surface area contributed by atoms with Gasteiger partial charge in [0.1, 0.15) is 5.60 Å². The van der Waals surface area contributed by atoms with E-state index < -0.39 is 5.60 Å². The molecule has 0 aromatic heterocycles. The predicted octanol–water partition coefficient (Wildman–Crippen LogP) is 2.71. The molecule has 1 fully saturated rings. The van der Waals surface area contributed by atoms with Gasteiger partial charge in [-0.15, -0.1) is 0 Å². The first kappa shape index (κ1) is 15.5. The van der Waals surface area contributed by atoms with Crippen molar-refractivity contribution in [3.8, 4) is 0 Å². The fourth-order valence-corrected chi connectivity index (χ4v) is 2.46. The Kier molecular flexibility index (Phi) is 4.30. The number of amides is 1. The number of hydrogen-bond donors (Lipinski definition) is 1. The SMILES string of the molecule is CN(C(=O)OC(C)(C)C)C1CCN(c2ccc(N)cc2)C1. The molecule has 1 saturated heterocycles. The van der Waals surface area contributed by atoms with E-state index in [4.69, 9.17) is 10.5 Å². The summed E-state index contributed by atoms with van der Waals surface area (Å²) >= 11 is 0. The molecule has 2 N–H and O–H groups in total. The summed E-state index contributed by atoms with van der Waals surface area (Å²) in [6, 6.07) is 8.02. The topological polar surface area (TPSA) is 58.8 Å². The maximum Gasteiger partial charge on any atom is 0.410 e. The fourth-order valence-electron chi connectivity index (χ4n) is 2.46. The van der Waals surface area contributed by atoms with Gasteiger partial charge in [-0.25, -0.2) is 4.79 Å². The monoisotopic (exact) mass is 291 g/mol. The van der Waals surface area contributed by atoms with Crippen LogP contribution < -0.4 is 10.6 Å². The first-order chi connectivity index (χ1) is 9.76. The van der Waals surface area contributed by atoms with Crippen LogP contribution >= 0.6 is 0 Å². The summed E-state index contributed by atoms with van der Waals surface area (Å²) in [4.78, 5) is 16.1. The Morgan fingerprint density at radius 2 is 1.95 bits per heavy atom. The van der Waals surface area contributed by atoms with Crippen molar-refractivity contribution in [2.75, 3.05) is 30.8 Å². The summed E-state index contributed by atoms with van der Waals surface area (Å²) in [5.41, 5.74) is 7.16. The highest BCUT2D eigenvalue weighted by Crippen LogP contribution is 2.24. The fraction of sp³-hybridized carbons (Fsp3) is 0.562. The number of nitrogen functional groups attached to an aromatic ring is 1. The third-order valence-corrected chi connectivity index (χ3v) is 3.65. The van der Waals surface area contributed by atoms with E-state index in [1.807, 2.05) is 52.1 Å². The normalized spacial score (nSPS) is 18.7. The molecular weight excluding hydrogens is 266 g/mol. The van der Waals surface area contributed by atoms with Gasteiger partial charge < -0.3 is 20.3 Å². The minimum Gasteiger partial charge on any atom is -0.444 e. The van der Waals surface area contributed by atoms with E-state index in [0.717, 1.165) is 30.9 Å². The maximum atomic E-state index is 12.1. The molecule has 1 aliphatic rings. The molecule has 1 aromatic carbocycles. The van der Waals surface area contributed by atoms with Crippen LogP contribution in [0.15, 0.2) is 24.3 Å². The number of benzene rings is 1. The van der Waals surface area contributed by atoms with Crippen LogP contribution in [0.5, 0.6) is 0 Å². The second kappa shape index (κ2) is 5.84. The third kappa shape index (κ3) is 4.03. The highest BCUT2D eigenvalue weighted by molar-refractivity contribution is 5.68. The summed E-state index contributed by atoms with van der Waals surface area (Å²) in [5.74, 6) is 0. The van der Waals surface area contributed by atoms with Crippen molar-refractivity contribution in [2.24, 2.45) is 0 Å². The molecule has 0 saturated carbocycles. The van der Waals surface area contributed by atoms with E-state index >= 15 is 0 Å². The van der Waals surface area contributed by atoms with Gasteiger partial charge in [-0.3, -0.25) is 0 Å². The molecule has 0 aliphatic carbocycles. The lowest BCUT2D eigenvalue weighted by Gasteiger charge is -2.28. The zero-order chi connectivity index (χ0) is 15.6. The van der Waals surface area contributed by atoms with Gasteiger partial charge in [0.25, 0.3) is 0 Å². The molecular formula is C16H25N3O2. The van der Waals surface area contributed by atoms with Crippen LogP contribution in [0.4, 0.5) is 16.2 Å². The molecule has 1 aliphatic heterocycles. The Balaban J connectivity index is 1.95. The van der Waals surface area contributed by atoms with Crippen molar-refractivity contribution in [3.63, 3.8) is 0 Å². The van der Waals surface area contributed by atoms with Gasteiger partial charge in [-0.1, -0.05) is 0 Å². The van der Waals surface area contributed by atoms with Gasteiger partial charge in [0, 0.05) is 31.5 Å². The van der Waals surface area contributed by atoms with Gasteiger partial charge >= 0.3 is 6.09 Å². The Morgan fingerprint density at radius 3 is 2.52 bits per heavy atom. The van der Waals surface area contributed by atoms with E-state index in [1.165, 1.54) is 0 Å². The van der Waals surface area contributed by atoms with E-state index in [1.54, 1.807) is 4.90 Å². The van der Waals surface area contributed by atoms with E-state index in [2.05, 4.69) is 4.90 Å². The first-order valence-corrected chi connectivity index (χ1v) is 7.32. The Labute approximate surface area is 126 Å². The van der Waals surface area contributed by atoms with Gasteiger partial charge in [0.15, 0.2) is 0 Å². The number of anilines is 2. The molecule has 0 spiro atoms. The largest absolute Gasteiger partial charge is 0.444 e. The lowest BCUT2D eigenvalue weighted by atomic mass is 10.2. The van der Waals surface area contributed by atoms with Crippen LogP contribution in [-0.4, -0.2) is 42.8 Å². The number of carbonyl (C=O) groups excluding carboxylic acids is 1. The molecule has 5 heteroatoms. The molecule has 0 radical (unpaired) electrons. The molecule has 116 valence electrons. The number of rotatable bonds is 2. The van der Waals surface area contributed by atoms with E-state index in [-0.39, 0.29) is 12.1 Å². The summed E-state index contributed by atoms with van der Waals surface area (Å²) in [5, 5.41) is 0. The van der Waals surface area contributed by atoms with Gasteiger partial charge in [-0.2, -0.15) is 0 Å². The Bertz CT molecular complexity index is 493. The minimum absolute atomic E-state index is 0.178. The van der Waals surface area contributed by atoms with Crippen molar-refractivity contribution in [1.82, 2.24) is 4.90 Å². The molecule has 2 rings (SSSR count). The number of nitrogens with two attached hydrogens (primary N) is 1. The average Bonchev–Trinajstić information content (AvgIpc) is 2.86. The first-order valence-electron chi connectivity index (χ1n) is 7.32. The van der Waals surface area contributed by atoms with Crippen LogP contribution in [0.2, 0.25) is 0 Å². The average molecular weight is 291 g/mol. The summed E-state index contributed by atoms with van der Waals surface area (Å²) in [6.07, 6.45) is 0.687. The van der Waals surface area contributed by atoms with Crippen molar-refractivity contribution in [3.05, 3.63) is 24.3 Å². The number of likely N-dealkylation sites (N-methyl/N-ethyl adjacent to an activating group) is 1. The van der Waals surface area contributed by atoms with E-state index in [0.29, 0.717) is 0 Å². The second-order valence-electron chi connectivity index (χ2n) is 6.57. The lowest BCUT2D eigenvalue weighted by Crippen LogP contribution is -2.42. The second-order valence-corrected chi connectivity index (χ2v) is 6.57. The molecule has 5 nitrogen and oxygen atoms in total. The van der Waals surface area contributed by atoms with Gasteiger partial charge in [0.05, 0.1) is 6.04 Å². The van der Waals surface area contributed by atoms with Gasteiger partial charge in [-0.05, 0) is 51.5 Å². The maximum absolute atomic E-state index is 12.1. The highest BCUT2D eigenvalue weighted by Gasteiger charge is 2.30. The number of hydrogen-bond acceptors (Lipinski definition) is 4. The van der Waals surface area contributed by atoms with Crippen LogP contribution in [0.1, 0.15) is 27.2 Å². The van der Waals surface area contributed by atoms with Crippen LogP contribution in [0, 0.1) is 0 Å². The van der Waals surface area contributed by atoms with Crippen LogP contribution in [0.25, 0.3) is 0 Å². The van der Waals surface area contributed by atoms with Crippen molar-refractivity contribution < 1.29 is 9.53 Å². The summed E-state index contributed by atoms with van der Waals surface area (Å²) in [7, 11) is 1.81. The number of nitrogens with zero attached hydrogens (tertiary/aromatic N) is 2. The number of ether oxygens (including phenoxy) is 1. The summed E-state index contributed by atoms with van der Waals surface area (Å²) < 4.78 is 5.42. The smallest absolute Gasteiger partial charge is 0.410 e. The quantitative estimate of drug-likeness (QED) is 0.851. The molecule has 1 amide bonds. The van der Waals surface area contributed by atoms with Crippen LogP contribution in [-0.2, 0) is 4.74 Å². The Morgan fingerprint density at radius 1 is 1.33 bits per heavy atom. The molecule has 0 bridgehead atoms. The highest BCUT2D eigenvalue weighted by atomic mass is 16.6. The predicted molar refractivity (Wildman–Crippen MR) is 85.5 cm³/mol. The van der Waals surface area contributed by atoms with Crippen molar-refractivity contribution >= 4 is 17.5 Å². The van der Waals surface area contributed by atoms with Gasteiger partial charge in [0.2, 0.25) is 0 Å².